The Bertz CT molecular complexity index is 708. The third kappa shape index (κ3) is 4.99. The van der Waals surface area contributed by atoms with Crippen LogP contribution < -0.4 is 0 Å². The van der Waals surface area contributed by atoms with Crippen LogP contribution in [0.2, 0.25) is 0 Å². The van der Waals surface area contributed by atoms with Gasteiger partial charge in [0.1, 0.15) is 4.90 Å². The minimum absolute atomic E-state index is 0.00172. The van der Waals surface area contributed by atoms with Crippen molar-refractivity contribution in [1.82, 2.24) is 14.2 Å². The second-order valence-electron chi connectivity index (χ2n) is 6.12. The number of carbonyl (C=O) groups excluding carboxylic acids is 1. The minimum Gasteiger partial charge on any atom is -0.481 e. The van der Waals surface area contributed by atoms with E-state index in [2.05, 4.69) is 4.98 Å². The van der Waals surface area contributed by atoms with E-state index < -0.39 is 16.0 Å². The summed E-state index contributed by atoms with van der Waals surface area (Å²) in [6.45, 7) is 0.255. The van der Waals surface area contributed by atoms with E-state index in [4.69, 9.17) is 5.11 Å². The number of carboxylic acid groups (broad SMARTS) is 1. The molecule has 9 heteroatoms. The molecule has 1 N–H and O–H groups in total. The number of hydrogen-bond acceptors (Lipinski definition) is 5. The highest BCUT2D eigenvalue weighted by atomic mass is 32.2. The number of aromatic nitrogens is 1. The topological polar surface area (TPSA) is 108 Å². The molecule has 8 nitrogen and oxygen atoms in total. The second-order valence-corrected chi connectivity index (χ2v) is 8.16. The Kier molecular flexibility index (Phi) is 6.49. The zero-order valence-electron chi connectivity index (χ0n) is 14.2. The molecule has 1 aromatic rings. The molecule has 25 heavy (non-hydrogen) atoms. The van der Waals surface area contributed by atoms with E-state index in [0.717, 1.165) is 23.6 Å². The first kappa shape index (κ1) is 19.3. The molecule has 0 spiro atoms. The third-order valence-electron chi connectivity index (χ3n) is 4.34. The summed E-state index contributed by atoms with van der Waals surface area (Å²) in [5.74, 6) is -1.20. The van der Waals surface area contributed by atoms with Crippen molar-refractivity contribution in [3.8, 4) is 0 Å². The highest BCUT2D eigenvalue weighted by Crippen LogP contribution is 2.22. The molecule has 0 saturated carbocycles. The van der Waals surface area contributed by atoms with Gasteiger partial charge in [-0.1, -0.05) is 0 Å². The Morgan fingerprint density at radius 2 is 2.16 bits per heavy atom. The predicted octanol–water partition coefficient (Wildman–Crippen LogP) is 0.948. The van der Waals surface area contributed by atoms with E-state index in [1.807, 2.05) is 0 Å². The number of nitrogens with zero attached hydrogens (tertiary/aromatic N) is 3. The zero-order chi connectivity index (χ0) is 18.4. The van der Waals surface area contributed by atoms with Gasteiger partial charge in [0.05, 0.1) is 6.54 Å². The summed E-state index contributed by atoms with van der Waals surface area (Å²) in [6.07, 6.45) is 5.64. The molecule has 1 unspecified atom stereocenters. The summed E-state index contributed by atoms with van der Waals surface area (Å²) in [5.41, 5.74) is 0. The normalized spacial score (nSPS) is 18.3. The lowest BCUT2D eigenvalue weighted by Gasteiger charge is -2.36. The van der Waals surface area contributed by atoms with E-state index in [1.54, 1.807) is 4.90 Å². The van der Waals surface area contributed by atoms with Crippen molar-refractivity contribution >= 4 is 21.9 Å². The van der Waals surface area contributed by atoms with E-state index in [0.29, 0.717) is 13.0 Å². The molecule has 1 amide bonds. The number of likely N-dealkylation sites (tertiary alicyclic amines) is 1. The lowest BCUT2D eigenvalue weighted by molar-refractivity contribution is -0.140. The average Bonchev–Trinajstić information content (AvgIpc) is 2.60. The number of amides is 1. The van der Waals surface area contributed by atoms with E-state index in [-0.39, 0.29) is 29.8 Å². The monoisotopic (exact) mass is 369 g/mol. The van der Waals surface area contributed by atoms with Gasteiger partial charge >= 0.3 is 5.97 Å². The average molecular weight is 369 g/mol. The van der Waals surface area contributed by atoms with Gasteiger partial charge in [0.15, 0.2) is 0 Å². The Hall–Kier alpha value is -2.00. The highest BCUT2D eigenvalue weighted by Gasteiger charge is 2.30. The molecular formula is C16H23N3O5S. The van der Waals surface area contributed by atoms with Crippen LogP contribution in [0.4, 0.5) is 0 Å². The molecule has 1 aliphatic rings. The van der Waals surface area contributed by atoms with Crippen LogP contribution in [0.15, 0.2) is 29.4 Å². The van der Waals surface area contributed by atoms with Crippen molar-refractivity contribution in [2.24, 2.45) is 0 Å². The number of carbonyl (C=O) groups is 2. The lowest BCUT2D eigenvalue weighted by Crippen LogP contribution is -2.48. The summed E-state index contributed by atoms with van der Waals surface area (Å²) in [7, 11) is -2.43. The maximum absolute atomic E-state index is 12.6. The number of carboxylic acids is 1. The van der Waals surface area contributed by atoms with Crippen LogP contribution >= 0.6 is 0 Å². The van der Waals surface area contributed by atoms with Crippen molar-refractivity contribution in [2.45, 2.75) is 43.0 Å². The Morgan fingerprint density at radius 3 is 2.80 bits per heavy atom. The molecule has 138 valence electrons. The van der Waals surface area contributed by atoms with Gasteiger partial charge in [0.25, 0.3) is 0 Å². The third-order valence-corrected chi connectivity index (χ3v) is 6.13. The van der Waals surface area contributed by atoms with Gasteiger partial charge < -0.3 is 10.0 Å². The smallest absolute Gasteiger partial charge is 0.303 e. The molecule has 1 fully saturated rings. The fraction of sp³-hybridized carbons (Fsp3) is 0.562. The first-order valence-electron chi connectivity index (χ1n) is 8.20. The molecule has 0 aliphatic carbocycles. The van der Waals surface area contributed by atoms with Gasteiger partial charge in [-0.2, -0.15) is 4.31 Å². The van der Waals surface area contributed by atoms with Crippen LogP contribution in [-0.4, -0.2) is 65.8 Å². The standard InChI is InChI=1S/C16H23N3O5S/c1-18(25(23,24)14-6-4-9-17-11-14)12-15(20)19-10-3-2-5-13(19)7-8-16(21)22/h4,6,9,11,13H,2-3,5,7-8,10,12H2,1H3,(H,21,22). The maximum atomic E-state index is 12.6. The number of likely N-dealkylation sites (N-methyl/N-ethyl adjacent to an activating group) is 1. The van der Waals surface area contributed by atoms with Gasteiger partial charge in [-0.15, -0.1) is 0 Å². The summed E-state index contributed by atoms with van der Waals surface area (Å²) < 4.78 is 26.0. The van der Waals surface area contributed by atoms with Crippen molar-refractivity contribution in [2.75, 3.05) is 20.1 Å². The molecular weight excluding hydrogens is 346 g/mol. The number of rotatable bonds is 7. The van der Waals surface area contributed by atoms with Crippen molar-refractivity contribution in [3.63, 3.8) is 0 Å². The van der Waals surface area contributed by atoms with E-state index >= 15 is 0 Å². The summed E-state index contributed by atoms with van der Waals surface area (Å²) in [4.78, 5) is 28.8. The molecule has 1 aromatic heterocycles. The van der Waals surface area contributed by atoms with Gasteiger partial charge in [-0.05, 0) is 37.8 Å². The molecule has 2 heterocycles. The largest absolute Gasteiger partial charge is 0.481 e. The predicted molar refractivity (Wildman–Crippen MR) is 90.3 cm³/mol. The summed E-state index contributed by atoms with van der Waals surface area (Å²) in [5, 5.41) is 8.85. The molecule has 1 atom stereocenters. The van der Waals surface area contributed by atoms with Crippen molar-refractivity contribution in [3.05, 3.63) is 24.5 Å². The fourth-order valence-corrected chi connectivity index (χ4v) is 4.05. The number of hydrogen-bond donors (Lipinski definition) is 1. The van der Waals surface area contributed by atoms with Crippen LogP contribution in [0, 0.1) is 0 Å². The number of sulfonamides is 1. The van der Waals surface area contributed by atoms with Crippen LogP contribution in [0.1, 0.15) is 32.1 Å². The van der Waals surface area contributed by atoms with Crippen molar-refractivity contribution < 1.29 is 23.1 Å². The van der Waals surface area contributed by atoms with Crippen LogP contribution in [0.3, 0.4) is 0 Å². The van der Waals surface area contributed by atoms with Gasteiger partial charge in [0.2, 0.25) is 15.9 Å². The van der Waals surface area contributed by atoms with Crippen LogP contribution in [0.5, 0.6) is 0 Å². The van der Waals surface area contributed by atoms with E-state index in [9.17, 15) is 18.0 Å². The molecule has 1 saturated heterocycles. The van der Waals surface area contributed by atoms with Gasteiger partial charge in [0, 0.05) is 38.4 Å². The second kappa shape index (κ2) is 8.39. The summed E-state index contributed by atoms with van der Waals surface area (Å²) >= 11 is 0. The lowest BCUT2D eigenvalue weighted by atomic mass is 9.98. The minimum atomic E-state index is -3.79. The SMILES string of the molecule is CN(CC(=O)N1CCCCC1CCC(=O)O)S(=O)(=O)c1cccnc1. The summed E-state index contributed by atoms with van der Waals surface area (Å²) in [6, 6.07) is 2.81. The van der Waals surface area contributed by atoms with Crippen LogP contribution in [-0.2, 0) is 19.6 Å². The molecule has 0 aromatic carbocycles. The highest BCUT2D eigenvalue weighted by molar-refractivity contribution is 7.89. The number of aliphatic carboxylic acids is 1. The van der Waals surface area contributed by atoms with Crippen LogP contribution in [0.25, 0.3) is 0 Å². The number of pyridine rings is 1. The molecule has 1 aliphatic heterocycles. The first-order valence-corrected chi connectivity index (χ1v) is 9.64. The molecule has 0 radical (unpaired) electrons. The van der Waals surface area contributed by atoms with E-state index in [1.165, 1.54) is 31.6 Å². The Balaban J connectivity index is 2.05. The van der Waals surface area contributed by atoms with Crippen molar-refractivity contribution in [1.29, 1.82) is 0 Å². The van der Waals surface area contributed by atoms with Gasteiger partial charge in [-0.25, -0.2) is 8.42 Å². The van der Waals surface area contributed by atoms with Gasteiger partial charge in [-0.3, -0.25) is 14.6 Å². The number of piperidine rings is 1. The maximum Gasteiger partial charge on any atom is 0.303 e. The molecule has 0 bridgehead atoms. The Morgan fingerprint density at radius 1 is 1.40 bits per heavy atom. The molecule has 2 rings (SSSR count). The first-order chi connectivity index (χ1) is 11.8. The Labute approximate surface area is 147 Å². The zero-order valence-corrected chi connectivity index (χ0v) is 15.0. The fourth-order valence-electron chi connectivity index (χ4n) is 2.97. The quantitative estimate of drug-likeness (QED) is 0.767.